The number of halogens is 4. The van der Waals surface area contributed by atoms with Crippen molar-refractivity contribution in [1.82, 2.24) is 19.9 Å². The molecule has 0 aliphatic heterocycles. The number of rotatable bonds is 7. The molecule has 11 heteroatoms. The van der Waals surface area contributed by atoms with Gasteiger partial charge in [-0.2, -0.15) is 10.1 Å². The van der Waals surface area contributed by atoms with Gasteiger partial charge in [-0.05, 0) is 36.6 Å². The van der Waals surface area contributed by atoms with Crippen LogP contribution in [0.25, 0.3) is 11.6 Å². The van der Waals surface area contributed by atoms with Crippen LogP contribution in [0.5, 0.6) is 0 Å². The number of benzene rings is 1. The summed E-state index contributed by atoms with van der Waals surface area (Å²) in [5.41, 5.74) is -0.404. The maximum atomic E-state index is 13.4. The van der Waals surface area contributed by atoms with E-state index in [0.717, 1.165) is 10.7 Å². The molecule has 0 amide bonds. The Morgan fingerprint density at radius 1 is 1.34 bits per heavy atom. The fourth-order valence-electron chi connectivity index (χ4n) is 3.23. The molecule has 4 rings (SSSR count). The molecule has 1 saturated carbocycles. The first-order valence-electron chi connectivity index (χ1n) is 8.68. The molecule has 7 nitrogen and oxygen atoms in total. The largest absolute Gasteiger partial charge is 0.481 e. The number of nitrogens with zero attached hydrogens (tertiary/aromatic N) is 4. The summed E-state index contributed by atoms with van der Waals surface area (Å²) < 4.78 is 45.9. The van der Waals surface area contributed by atoms with Gasteiger partial charge >= 0.3 is 5.97 Å². The Morgan fingerprint density at radius 2 is 2.10 bits per heavy atom. The molecule has 1 aliphatic carbocycles. The van der Waals surface area contributed by atoms with Crippen molar-refractivity contribution < 1.29 is 27.6 Å². The summed E-state index contributed by atoms with van der Waals surface area (Å²) in [5.74, 6) is -1.33. The van der Waals surface area contributed by atoms with Crippen LogP contribution in [0, 0.1) is 5.82 Å². The standard InChI is InChI=1S/C18H14ClF3N4O3/c19-11-7-9(20)1-2-10(11)18(4-5-18)17-23-16(29-25-17)13-8-12(15(21)22)24-26(13)6-3-14(27)28/h1-2,7-8,15H,3-6H2,(H,27,28). The summed E-state index contributed by atoms with van der Waals surface area (Å²) in [7, 11) is 0. The van der Waals surface area contributed by atoms with Gasteiger partial charge in [0.2, 0.25) is 0 Å². The maximum absolute atomic E-state index is 13.4. The number of alkyl halides is 2. The smallest absolute Gasteiger partial charge is 0.305 e. The first kappa shape index (κ1) is 19.4. The molecule has 2 heterocycles. The van der Waals surface area contributed by atoms with Crippen molar-refractivity contribution in [3.05, 3.63) is 52.2 Å². The van der Waals surface area contributed by atoms with Gasteiger partial charge < -0.3 is 9.63 Å². The third kappa shape index (κ3) is 3.59. The van der Waals surface area contributed by atoms with E-state index in [2.05, 4.69) is 15.2 Å². The van der Waals surface area contributed by atoms with Crippen molar-refractivity contribution >= 4 is 17.6 Å². The number of hydrogen-bond acceptors (Lipinski definition) is 5. The van der Waals surface area contributed by atoms with Gasteiger partial charge in [-0.15, -0.1) is 0 Å². The Balaban J connectivity index is 1.70. The summed E-state index contributed by atoms with van der Waals surface area (Å²) in [5, 5.41) is 16.8. The number of aliphatic carboxylic acids is 1. The highest BCUT2D eigenvalue weighted by molar-refractivity contribution is 6.31. The lowest BCUT2D eigenvalue weighted by molar-refractivity contribution is -0.137. The molecule has 3 aromatic rings. The van der Waals surface area contributed by atoms with Crippen LogP contribution in [0.4, 0.5) is 13.2 Å². The third-order valence-corrected chi connectivity index (χ3v) is 5.14. The number of carbonyl (C=O) groups is 1. The van der Waals surface area contributed by atoms with E-state index >= 15 is 0 Å². The topological polar surface area (TPSA) is 94.0 Å². The van der Waals surface area contributed by atoms with Crippen LogP contribution < -0.4 is 0 Å². The second-order valence-corrected chi connectivity index (χ2v) is 7.16. The number of aromatic nitrogens is 4. The van der Waals surface area contributed by atoms with Gasteiger partial charge in [0, 0.05) is 5.02 Å². The van der Waals surface area contributed by atoms with Crippen LogP contribution in [0.1, 0.15) is 42.8 Å². The zero-order valence-electron chi connectivity index (χ0n) is 14.8. The summed E-state index contributed by atoms with van der Waals surface area (Å²) >= 11 is 6.18. The minimum absolute atomic E-state index is 0.0608. The molecule has 1 aliphatic rings. The zero-order valence-corrected chi connectivity index (χ0v) is 15.5. The Bertz CT molecular complexity index is 1080. The molecular formula is C18H14ClF3N4O3. The van der Waals surface area contributed by atoms with Gasteiger partial charge in [0.15, 0.2) is 5.82 Å². The zero-order chi connectivity index (χ0) is 20.8. The SMILES string of the molecule is O=C(O)CCn1nc(C(F)F)cc1-c1nc(C2(c3ccc(F)cc3Cl)CC2)no1. The normalized spacial score (nSPS) is 15.1. The predicted molar refractivity (Wildman–Crippen MR) is 94.2 cm³/mol. The fraction of sp³-hybridized carbons (Fsp3) is 0.333. The van der Waals surface area contributed by atoms with E-state index in [-0.39, 0.29) is 29.6 Å². The molecule has 0 bridgehead atoms. The molecule has 1 fully saturated rings. The van der Waals surface area contributed by atoms with Crippen molar-refractivity contribution in [3.8, 4) is 11.6 Å². The van der Waals surface area contributed by atoms with Crippen molar-refractivity contribution in [2.75, 3.05) is 0 Å². The molecule has 0 atom stereocenters. The van der Waals surface area contributed by atoms with Crippen LogP contribution in [0.2, 0.25) is 5.02 Å². The van der Waals surface area contributed by atoms with E-state index in [1.165, 1.54) is 12.1 Å². The predicted octanol–water partition coefficient (Wildman–Crippen LogP) is 4.22. The second kappa shape index (κ2) is 7.18. The molecule has 0 saturated heterocycles. The highest BCUT2D eigenvalue weighted by Crippen LogP contribution is 2.54. The van der Waals surface area contributed by atoms with Gasteiger partial charge in [0.1, 0.15) is 17.2 Å². The van der Waals surface area contributed by atoms with E-state index in [4.69, 9.17) is 21.2 Å². The molecule has 0 spiro atoms. The van der Waals surface area contributed by atoms with Crippen LogP contribution >= 0.6 is 11.6 Å². The van der Waals surface area contributed by atoms with Crippen LogP contribution in [-0.2, 0) is 16.8 Å². The first-order chi connectivity index (χ1) is 13.8. The van der Waals surface area contributed by atoms with Crippen molar-refractivity contribution in [2.24, 2.45) is 0 Å². The van der Waals surface area contributed by atoms with Crippen LogP contribution in [-0.4, -0.2) is 31.0 Å². The number of hydrogen-bond donors (Lipinski definition) is 1. The van der Waals surface area contributed by atoms with E-state index in [1.54, 1.807) is 6.07 Å². The van der Waals surface area contributed by atoms with Crippen molar-refractivity contribution in [1.29, 1.82) is 0 Å². The number of carboxylic acid groups (broad SMARTS) is 1. The average Bonchev–Trinajstić information content (AvgIpc) is 3.12. The lowest BCUT2D eigenvalue weighted by Gasteiger charge is -2.12. The van der Waals surface area contributed by atoms with Gasteiger partial charge in [0.25, 0.3) is 12.3 Å². The summed E-state index contributed by atoms with van der Waals surface area (Å²) in [6, 6.07) is 5.15. The number of aryl methyl sites for hydroxylation is 1. The Labute approximate surface area is 167 Å². The van der Waals surface area contributed by atoms with E-state index < -0.39 is 29.3 Å². The molecular weight excluding hydrogens is 413 g/mol. The van der Waals surface area contributed by atoms with Crippen molar-refractivity contribution in [3.63, 3.8) is 0 Å². The lowest BCUT2D eigenvalue weighted by atomic mass is 9.95. The second-order valence-electron chi connectivity index (χ2n) is 6.75. The monoisotopic (exact) mass is 426 g/mol. The van der Waals surface area contributed by atoms with Crippen LogP contribution in [0.15, 0.2) is 28.8 Å². The first-order valence-corrected chi connectivity index (χ1v) is 9.06. The average molecular weight is 427 g/mol. The highest BCUT2D eigenvalue weighted by Gasteiger charge is 2.51. The molecule has 1 N–H and O–H groups in total. The molecule has 152 valence electrons. The van der Waals surface area contributed by atoms with Gasteiger partial charge in [-0.3, -0.25) is 9.48 Å². The molecule has 29 heavy (non-hydrogen) atoms. The van der Waals surface area contributed by atoms with Crippen LogP contribution in [0.3, 0.4) is 0 Å². The van der Waals surface area contributed by atoms with Gasteiger partial charge in [-0.1, -0.05) is 22.8 Å². The lowest BCUT2D eigenvalue weighted by Crippen LogP contribution is -2.12. The van der Waals surface area contributed by atoms with E-state index in [9.17, 15) is 18.0 Å². The van der Waals surface area contributed by atoms with E-state index in [1.807, 2.05) is 0 Å². The van der Waals surface area contributed by atoms with Gasteiger partial charge in [-0.25, -0.2) is 13.2 Å². The Morgan fingerprint density at radius 3 is 2.72 bits per heavy atom. The quantitative estimate of drug-likeness (QED) is 0.608. The molecule has 1 aromatic carbocycles. The van der Waals surface area contributed by atoms with Gasteiger partial charge in [0.05, 0.1) is 18.4 Å². The fourth-order valence-corrected chi connectivity index (χ4v) is 3.57. The summed E-state index contributed by atoms with van der Waals surface area (Å²) in [4.78, 5) is 15.2. The Hall–Kier alpha value is -2.88. The minimum Gasteiger partial charge on any atom is -0.481 e. The molecule has 0 unspecified atom stereocenters. The summed E-state index contributed by atoms with van der Waals surface area (Å²) in [6.45, 7) is -0.135. The van der Waals surface area contributed by atoms with E-state index in [0.29, 0.717) is 24.2 Å². The molecule has 0 radical (unpaired) electrons. The minimum atomic E-state index is -2.84. The number of carboxylic acids is 1. The molecule has 2 aromatic heterocycles. The highest BCUT2D eigenvalue weighted by atomic mass is 35.5. The summed E-state index contributed by atoms with van der Waals surface area (Å²) in [6.07, 6.45) is -1.82. The third-order valence-electron chi connectivity index (χ3n) is 4.83. The maximum Gasteiger partial charge on any atom is 0.305 e. The Kier molecular flexibility index (Phi) is 4.81. The van der Waals surface area contributed by atoms with Crippen molar-refractivity contribution in [2.45, 2.75) is 37.6 Å².